The van der Waals surface area contributed by atoms with E-state index in [-0.39, 0.29) is 29.2 Å². The predicted molar refractivity (Wildman–Crippen MR) is 115 cm³/mol. The van der Waals surface area contributed by atoms with Crippen LogP contribution in [0, 0.1) is 23.5 Å². The van der Waals surface area contributed by atoms with Crippen LogP contribution in [0.5, 0.6) is 0 Å². The zero-order valence-electron chi connectivity index (χ0n) is 18.4. The Morgan fingerprint density at radius 1 is 1.19 bits per heavy atom. The third-order valence-electron chi connectivity index (χ3n) is 6.52. The molecule has 1 aromatic heterocycles. The molecule has 6 nitrogen and oxygen atoms in total. The number of amides is 2. The van der Waals surface area contributed by atoms with E-state index in [0.29, 0.717) is 18.9 Å². The molecule has 2 aliphatic rings. The Hall–Kier alpha value is -2.77. The van der Waals surface area contributed by atoms with Gasteiger partial charge in [0, 0.05) is 18.2 Å². The third-order valence-corrected chi connectivity index (χ3v) is 6.52. The zero-order valence-corrected chi connectivity index (χ0v) is 18.4. The Bertz CT molecular complexity index is 967. The van der Waals surface area contributed by atoms with E-state index in [1.54, 1.807) is 0 Å². The van der Waals surface area contributed by atoms with Crippen LogP contribution in [-0.2, 0) is 4.79 Å². The highest BCUT2D eigenvalue weighted by atomic mass is 19.1. The Balaban J connectivity index is 1.62. The van der Waals surface area contributed by atoms with Crippen molar-refractivity contribution in [1.82, 2.24) is 15.4 Å². The summed E-state index contributed by atoms with van der Waals surface area (Å²) in [6, 6.07) is 4.25. The summed E-state index contributed by atoms with van der Waals surface area (Å²) in [5, 5.41) is 6.82. The van der Waals surface area contributed by atoms with Crippen LogP contribution in [0.2, 0.25) is 0 Å². The highest BCUT2D eigenvalue weighted by Gasteiger charge is 2.42. The average Bonchev–Trinajstić information content (AvgIpc) is 3.16. The maximum atomic E-state index is 15.2. The maximum absolute atomic E-state index is 15.2. The van der Waals surface area contributed by atoms with Gasteiger partial charge in [-0.25, -0.2) is 4.39 Å². The summed E-state index contributed by atoms with van der Waals surface area (Å²) in [5.41, 5.74) is -0.166. The van der Waals surface area contributed by atoms with E-state index in [1.165, 1.54) is 35.6 Å². The summed E-state index contributed by atoms with van der Waals surface area (Å²) < 4.78 is 33.5. The first-order valence-corrected chi connectivity index (χ1v) is 11.4. The maximum Gasteiger partial charge on any atom is 0.279 e. The molecule has 172 valence electrons. The summed E-state index contributed by atoms with van der Waals surface area (Å²) in [5.74, 6) is -1.96. The lowest BCUT2D eigenvalue weighted by Gasteiger charge is -2.43. The molecule has 1 aliphatic carbocycles. The molecule has 1 aliphatic heterocycles. The lowest BCUT2D eigenvalue weighted by molar-refractivity contribution is -0.131. The summed E-state index contributed by atoms with van der Waals surface area (Å²) >= 11 is 0. The number of halogens is 2. The highest BCUT2D eigenvalue weighted by Crippen LogP contribution is 2.31. The average molecular weight is 446 g/mol. The molecule has 0 spiro atoms. The second kappa shape index (κ2) is 9.38. The monoisotopic (exact) mass is 445 g/mol. The molecule has 2 atom stereocenters. The molecule has 8 heteroatoms. The van der Waals surface area contributed by atoms with Gasteiger partial charge >= 0.3 is 0 Å². The van der Waals surface area contributed by atoms with Gasteiger partial charge in [-0.05, 0) is 55.4 Å². The molecule has 0 bridgehead atoms. The number of hydrogen-bond acceptors (Lipinski definition) is 4. The fraction of sp³-hybridized carbons (Fsp3) is 0.542. The van der Waals surface area contributed by atoms with Gasteiger partial charge in [-0.3, -0.25) is 9.59 Å². The summed E-state index contributed by atoms with van der Waals surface area (Å²) in [4.78, 5) is 27.9. The van der Waals surface area contributed by atoms with Crippen molar-refractivity contribution in [3.63, 3.8) is 0 Å². The minimum absolute atomic E-state index is 0.151. The molecular weight excluding hydrogens is 416 g/mol. The number of aromatic nitrogens is 1. The molecule has 2 aromatic rings. The molecule has 2 amide bonds. The second-order valence-electron chi connectivity index (χ2n) is 9.30. The topological polar surface area (TPSA) is 75.4 Å². The van der Waals surface area contributed by atoms with E-state index in [2.05, 4.69) is 10.5 Å². The van der Waals surface area contributed by atoms with Gasteiger partial charge in [-0.15, -0.1) is 0 Å². The number of carbonyl (C=O) groups excluding carboxylic acids is 2. The smallest absolute Gasteiger partial charge is 0.279 e. The Kier molecular flexibility index (Phi) is 6.58. The van der Waals surface area contributed by atoms with Crippen LogP contribution in [-0.4, -0.2) is 40.5 Å². The van der Waals surface area contributed by atoms with Gasteiger partial charge in [-0.2, -0.15) is 4.39 Å². The molecule has 0 unspecified atom stereocenters. The van der Waals surface area contributed by atoms with Crippen LogP contribution < -0.4 is 5.32 Å². The van der Waals surface area contributed by atoms with E-state index < -0.39 is 29.3 Å². The second-order valence-corrected chi connectivity index (χ2v) is 9.30. The van der Waals surface area contributed by atoms with E-state index in [9.17, 15) is 14.0 Å². The fourth-order valence-electron chi connectivity index (χ4n) is 4.84. The van der Waals surface area contributed by atoms with E-state index >= 15 is 4.39 Å². The van der Waals surface area contributed by atoms with Gasteiger partial charge in [-0.1, -0.05) is 38.3 Å². The molecule has 1 aromatic carbocycles. The first kappa shape index (κ1) is 22.4. The predicted octanol–water partition coefficient (Wildman–Crippen LogP) is 4.56. The molecular formula is C24H29F2N3O3. The third kappa shape index (κ3) is 4.54. The fourth-order valence-corrected chi connectivity index (χ4v) is 4.84. The Labute approximate surface area is 186 Å². The lowest BCUT2D eigenvalue weighted by Crippen LogP contribution is -2.63. The normalized spacial score (nSPS) is 22.3. The van der Waals surface area contributed by atoms with Crippen molar-refractivity contribution >= 4 is 11.8 Å². The zero-order chi connectivity index (χ0) is 22.8. The highest BCUT2D eigenvalue weighted by molar-refractivity contribution is 5.97. The van der Waals surface area contributed by atoms with E-state index in [1.807, 2.05) is 13.8 Å². The SMILES string of the molecule is CC(C)C[C@H]1C(=O)N[C@@H](C2CCCCC2)CN1C(=O)c1noc(-c2ccc(F)cc2)c1F. The van der Waals surface area contributed by atoms with Crippen molar-refractivity contribution in [2.75, 3.05) is 6.54 Å². The van der Waals surface area contributed by atoms with Crippen molar-refractivity contribution in [3.8, 4) is 11.3 Å². The number of hydrogen-bond donors (Lipinski definition) is 1. The van der Waals surface area contributed by atoms with Crippen LogP contribution in [0.25, 0.3) is 11.3 Å². The number of nitrogens with one attached hydrogen (secondary N) is 1. The van der Waals surface area contributed by atoms with Gasteiger partial charge in [0.1, 0.15) is 11.9 Å². The van der Waals surface area contributed by atoms with Crippen LogP contribution in [0.1, 0.15) is 62.9 Å². The number of benzene rings is 1. The molecule has 32 heavy (non-hydrogen) atoms. The molecule has 4 rings (SSSR count). The quantitative estimate of drug-likeness (QED) is 0.732. The summed E-state index contributed by atoms with van der Waals surface area (Å²) in [6.45, 7) is 4.28. The Morgan fingerprint density at radius 2 is 1.88 bits per heavy atom. The minimum Gasteiger partial charge on any atom is -0.352 e. The van der Waals surface area contributed by atoms with Crippen molar-refractivity contribution in [3.05, 3.63) is 41.6 Å². The largest absolute Gasteiger partial charge is 0.352 e. The van der Waals surface area contributed by atoms with Crippen LogP contribution in [0.3, 0.4) is 0 Å². The lowest BCUT2D eigenvalue weighted by atomic mass is 9.82. The van der Waals surface area contributed by atoms with Crippen molar-refractivity contribution in [2.24, 2.45) is 11.8 Å². The van der Waals surface area contributed by atoms with Crippen LogP contribution >= 0.6 is 0 Å². The molecule has 2 fully saturated rings. The van der Waals surface area contributed by atoms with Crippen LogP contribution in [0.4, 0.5) is 8.78 Å². The summed E-state index contributed by atoms with van der Waals surface area (Å²) in [7, 11) is 0. The van der Waals surface area contributed by atoms with Crippen LogP contribution in [0.15, 0.2) is 28.8 Å². The van der Waals surface area contributed by atoms with Gasteiger partial charge in [0.25, 0.3) is 5.91 Å². The number of piperazine rings is 1. The number of rotatable bonds is 5. The van der Waals surface area contributed by atoms with Gasteiger partial charge in [0.05, 0.1) is 0 Å². The van der Waals surface area contributed by atoms with Gasteiger partial charge < -0.3 is 14.7 Å². The first-order chi connectivity index (χ1) is 15.3. The van der Waals surface area contributed by atoms with Crippen molar-refractivity contribution in [1.29, 1.82) is 0 Å². The Morgan fingerprint density at radius 3 is 2.53 bits per heavy atom. The van der Waals surface area contributed by atoms with Gasteiger partial charge in [0.15, 0.2) is 0 Å². The standard InChI is InChI=1S/C24H29F2N3O3/c1-14(2)12-19-23(30)27-18(15-6-4-3-5-7-15)13-29(19)24(31)21-20(26)22(32-28-21)16-8-10-17(25)11-9-16/h8-11,14-15,18-19H,3-7,12-13H2,1-2H3,(H,27,30)/t18-,19+/m1/s1. The molecule has 1 saturated carbocycles. The van der Waals surface area contributed by atoms with Gasteiger partial charge in [0.2, 0.25) is 23.2 Å². The minimum atomic E-state index is -0.898. The van der Waals surface area contributed by atoms with E-state index in [0.717, 1.165) is 25.7 Å². The summed E-state index contributed by atoms with van der Waals surface area (Å²) in [6.07, 6.45) is 5.90. The number of carbonyl (C=O) groups is 2. The molecule has 2 heterocycles. The molecule has 0 radical (unpaired) electrons. The number of nitrogens with zero attached hydrogens (tertiary/aromatic N) is 2. The van der Waals surface area contributed by atoms with Crippen molar-refractivity contribution in [2.45, 2.75) is 64.5 Å². The molecule has 1 N–H and O–H groups in total. The molecule has 1 saturated heterocycles. The first-order valence-electron chi connectivity index (χ1n) is 11.4. The van der Waals surface area contributed by atoms with Crippen molar-refractivity contribution < 1.29 is 22.9 Å². The van der Waals surface area contributed by atoms with E-state index in [4.69, 9.17) is 4.52 Å².